The van der Waals surface area contributed by atoms with Gasteiger partial charge in [-0.2, -0.15) is 13.2 Å². The van der Waals surface area contributed by atoms with Crippen molar-refractivity contribution >= 4 is 51.0 Å². The molecular formula is C15H8BrClF4N2OS. The second-order valence-corrected chi connectivity index (χ2v) is 7.35. The fourth-order valence-electron chi connectivity index (χ4n) is 2.47. The fraction of sp³-hybridized carbons (Fsp3) is 0.200. The normalized spacial score (nSPS) is 18.1. The number of amides is 1. The molecule has 1 atom stereocenters. The van der Waals surface area contributed by atoms with E-state index >= 15 is 0 Å². The lowest BCUT2D eigenvalue weighted by molar-refractivity contribution is -0.138. The highest BCUT2D eigenvalue weighted by Gasteiger charge is 2.43. The molecule has 2 aromatic rings. The molecule has 0 saturated carbocycles. The van der Waals surface area contributed by atoms with Crippen molar-refractivity contribution in [2.24, 2.45) is 0 Å². The lowest BCUT2D eigenvalue weighted by atomic mass is 10.1. The van der Waals surface area contributed by atoms with Gasteiger partial charge in [-0.1, -0.05) is 17.7 Å². The number of halogens is 6. The van der Waals surface area contributed by atoms with Crippen LogP contribution in [0.3, 0.4) is 0 Å². The van der Waals surface area contributed by atoms with Gasteiger partial charge in [-0.15, -0.1) is 11.8 Å². The molecule has 0 spiro atoms. The van der Waals surface area contributed by atoms with Gasteiger partial charge in [0.25, 0.3) is 0 Å². The number of benzene rings is 1. The van der Waals surface area contributed by atoms with Crippen molar-refractivity contribution in [3.63, 3.8) is 0 Å². The third-order valence-electron chi connectivity index (χ3n) is 3.50. The van der Waals surface area contributed by atoms with Crippen LogP contribution < -0.4 is 4.90 Å². The van der Waals surface area contributed by atoms with Crippen molar-refractivity contribution in [1.82, 2.24) is 4.98 Å². The molecule has 1 aromatic carbocycles. The Balaban J connectivity index is 2.18. The number of aromatic nitrogens is 1. The van der Waals surface area contributed by atoms with E-state index in [4.69, 9.17) is 11.6 Å². The van der Waals surface area contributed by atoms with E-state index < -0.39 is 39.4 Å². The van der Waals surface area contributed by atoms with Gasteiger partial charge in [-0.05, 0) is 40.2 Å². The van der Waals surface area contributed by atoms with Crippen LogP contribution in [0.15, 0.2) is 34.9 Å². The number of carbonyl (C=O) groups is 1. The molecule has 0 bridgehead atoms. The van der Waals surface area contributed by atoms with Crippen LogP contribution in [0.5, 0.6) is 0 Å². The highest BCUT2D eigenvalue weighted by Crippen LogP contribution is 2.47. The molecule has 1 aromatic heterocycles. The molecule has 1 saturated heterocycles. The zero-order valence-electron chi connectivity index (χ0n) is 12.1. The average Bonchev–Trinajstić information content (AvgIpc) is 2.90. The summed E-state index contributed by atoms with van der Waals surface area (Å²) in [6.07, 6.45) is -4.79. The topological polar surface area (TPSA) is 33.2 Å². The maximum atomic E-state index is 14.5. The fourth-order valence-corrected chi connectivity index (χ4v) is 4.18. The SMILES string of the molecule is O=C1CSC(c2c(C(F)(F)F)ccc(Cl)c2F)N1c1cccc(Br)n1. The van der Waals surface area contributed by atoms with Gasteiger partial charge >= 0.3 is 6.18 Å². The molecule has 1 fully saturated rings. The summed E-state index contributed by atoms with van der Waals surface area (Å²) in [6.45, 7) is 0. The lowest BCUT2D eigenvalue weighted by Crippen LogP contribution is -2.30. The van der Waals surface area contributed by atoms with Crippen molar-refractivity contribution in [3.8, 4) is 0 Å². The summed E-state index contributed by atoms with van der Waals surface area (Å²) in [5.41, 5.74) is -1.83. The number of carbonyl (C=O) groups excluding carboxylic acids is 1. The quantitative estimate of drug-likeness (QED) is 0.447. The standard InChI is InChI=1S/C15H8BrClF4N2OS/c16-9-2-1-3-10(22-9)23-11(24)6-25-14(23)12-7(15(19,20)21)4-5-8(17)13(12)18/h1-5,14H,6H2. The van der Waals surface area contributed by atoms with Crippen LogP contribution in [-0.2, 0) is 11.0 Å². The van der Waals surface area contributed by atoms with Gasteiger partial charge in [-0.25, -0.2) is 9.37 Å². The minimum Gasteiger partial charge on any atom is -0.279 e. The second-order valence-electron chi connectivity index (χ2n) is 5.07. The van der Waals surface area contributed by atoms with Crippen molar-refractivity contribution in [2.75, 3.05) is 10.7 Å². The first-order chi connectivity index (χ1) is 11.7. The molecule has 1 aliphatic heterocycles. The van der Waals surface area contributed by atoms with E-state index in [1.165, 1.54) is 6.07 Å². The first-order valence-corrected chi connectivity index (χ1v) is 9.03. The van der Waals surface area contributed by atoms with Crippen LogP contribution in [0.25, 0.3) is 0 Å². The smallest absolute Gasteiger partial charge is 0.279 e. The van der Waals surface area contributed by atoms with Gasteiger partial charge in [-0.3, -0.25) is 9.69 Å². The number of anilines is 1. The van der Waals surface area contributed by atoms with Gasteiger partial charge in [0.15, 0.2) is 0 Å². The minimum atomic E-state index is -4.79. The molecule has 10 heteroatoms. The summed E-state index contributed by atoms with van der Waals surface area (Å²) < 4.78 is 55.0. The highest BCUT2D eigenvalue weighted by atomic mass is 79.9. The Hall–Kier alpha value is -1.32. The first-order valence-electron chi connectivity index (χ1n) is 6.81. The van der Waals surface area contributed by atoms with E-state index in [0.29, 0.717) is 4.60 Å². The van der Waals surface area contributed by atoms with E-state index in [-0.39, 0.29) is 11.6 Å². The Kier molecular flexibility index (Phi) is 5.00. The molecule has 1 aliphatic rings. The molecule has 1 unspecified atom stereocenters. The van der Waals surface area contributed by atoms with Crippen LogP contribution in [0.4, 0.5) is 23.4 Å². The molecule has 2 heterocycles. The minimum absolute atomic E-state index is 0.0951. The molecular weight excluding hydrogens is 448 g/mol. The van der Waals surface area contributed by atoms with E-state index in [9.17, 15) is 22.4 Å². The molecule has 132 valence electrons. The molecule has 1 amide bonds. The molecule has 0 radical (unpaired) electrons. The maximum absolute atomic E-state index is 14.5. The number of pyridine rings is 1. The molecule has 3 rings (SSSR count). The Morgan fingerprint density at radius 2 is 2.00 bits per heavy atom. The zero-order valence-corrected chi connectivity index (χ0v) is 15.3. The van der Waals surface area contributed by atoms with Gasteiger partial charge < -0.3 is 0 Å². The number of hydrogen-bond acceptors (Lipinski definition) is 3. The van der Waals surface area contributed by atoms with Gasteiger partial charge in [0.05, 0.1) is 16.3 Å². The van der Waals surface area contributed by atoms with Crippen LogP contribution in [0.1, 0.15) is 16.5 Å². The van der Waals surface area contributed by atoms with E-state index in [2.05, 4.69) is 20.9 Å². The predicted molar refractivity (Wildman–Crippen MR) is 91.0 cm³/mol. The third kappa shape index (κ3) is 3.50. The van der Waals surface area contributed by atoms with Gasteiger partial charge in [0.1, 0.15) is 21.6 Å². The molecule has 3 nitrogen and oxygen atoms in total. The number of thioether (sulfide) groups is 1. The van der Waals surface area contributed by atoms with E-state index in [1.807, 2.05) is 0 Å². The number of rotatable bonds is 2. The van der Waals surface area contributed by atoms with Crippen molar-refractivity contribution < 1.29 is 22.4 Å². The lowest BCUT2D eigenvalue weighted by Gasteiger charge is -2.26. The maximum Gasteiger partial charge on any atom is 0.416 e. The monoisotopic (exact) mass is 454 g/mol. The Morgan fingerprint density at radius 1 is 1.28 bits per heavy atom. The summed E-state index contributed by atoms with van der Waals surface area (Å²) >= 11 is 9.73. The zero-order chi connectivity index (χ0) is 18.4. The van der Waals surface area contributed by atoms with Gasteiger partial charge in [0.2, 0.25) is 5.91 Å². The molecule has 0 aliphatic carbocycles. The number of hydrogen-bond donors (Lipinski definition) is 0. The summed E-state index contributed by atoms with van der Waals surface area (Å²) in [7, 11) is 0. The van der Waals surface area contributed by atoms with Crippen LogP contribution in [0.2, 0.25) is 5.02 Å². The molecule has 25 heavy (non-hydrogen) atoms. The number of nitrogens with zero attached hydrogens (tertiary/aromatic N) is 2. The summed E-state index contributed by atoms with van der Waals surface area (Å²) in [6, 6.07) is 6.23. The van der Waals surface area contributed by atoms with Crippen molar-refractivity contribution in [2.45, 2.75) is 11.6 Å². The van der Waals surface area contributed by atoms with Crippen molar-refractivity contribution in [1.29, 1.82) is 0 Å². The summed E-state index contributed by atoms with van der Waals surface area (Å²) in [5, 5.41) is -1.66. The van der Waals surface area contributed by atoms with Crippen LogP contribution in [0, 0.1) is 5.82 Å². The average molecular weight is 456 g/mol. The van der Waals surface area contributed by atoms with Gasteiger partial charge in [0, 0.05) is 5.56 Å². The summed E-state index contributed by atoms with van der Waals surface area (Å²) in [5.74, 6) is -1.62. The molecule has 0 N–H and O–H groups in total. The Labute approximate surface area is 157 Å². The number of alkyl halides is 3. The predicted octanol–water partition coefficient (Wildman–Crippen LogP) is 5.43. The van der Waals surface area contributed by atoms with Crippen LogP contribution in [-0.4, -0.2) is 16.6 Å². The third-order valence-corrected chi connectivity index (χ3v) is 5.41. The first kappa shape index (κ1) is 18.5. The highest BCUT2D eigenvalue weighted by molar-refractivity contribution is 9.10. The summed E-state index contributed by atoms with van der Waals surface area (Å²) in [4.78, 5) is 17.4. The van der Waals surface area contributed by atoms with E-state index in [1.54, 1.807) is 12.1 Å². The van der Waals surface area contributed by atoms with Crippen LogP contribution >= 0.6 is 39.3 Å². The van der Waals surface area contributed by atoms with E-state index in [0.717, 1.165) is 28.8 Å². The second kappa shape index (κ2) is 6.77. The van der Waals surface area contributed by atoms with Crippen molar-refractivity contribution in [3.05, 3.63) is 56.9 Å². The Bertz CT molecular complexity index is 849. The Morgan fingerprint density at radius 3 is 2.64 bits per heavy atom. The largest absolute Gasteiger partial charge is 0.416 e.